The summed E-state index contributed by atoms with van der Waals surface area (Å²) in [6.45, 7) is 5.92. The van der Waals surface area contributed by atoms with E-state index in [-0.39, 0.29) is 11.8 Å². The summed E-state index contributed by atoms with van der Waals surface area (Å²) in [7, 11) is 0. The van der Waals surface area contributed by atoms with E-state index in [9.17, 15) is 4.79 Å². The van der Waals surface area contributed by atoms with Gasteiger partial charge in [0.25, 0.3) is 5.91 Å². The Bertz CT molecular complexity index is 497. The smallest absolute Gasteiger partial charge is 0.260 e. The predicted octanol–water partition coefficient (Wildman–Crippen LogP) is 1.30. The molecule has 102 valence electrons. The van der Waals surface area contributed by atoms with Crippen molar-refractivity contribution >= 4 is 11.6 Å². The minimum Gasteiger partial charge on any atom is -0.292 e. The van der Waals surface area contributed by atoms with Crippen molar-refractivity contribution in [2.24, 2.45) is 11.8 Å². The van der Waals surface area contributed by atoms with Gasteiger partial charge in [0.15, 0.2) is 0 Å². The minimum absolute atomic E-state index is 0.0704. The SMILES string of the molecule is CC1=CN(c2ccccc2)NC1(C(=O)NN)C(C)C. The van der Waals surface area contributed by atoms with Crippen molar-refractivity contribution in [3.05, 3.63) is 42.1 Å². The van der Waals surface area contributed by atoms with E-state index in [4.69, 9.17) is 5.84 Å². The Morgan fingerprint density at radius 3 is 2.53 bits per heavy atom. The molecule has 2 rings (SSSR count). The normalized spacial score (nSPS) is 22.6. The first kappa shape index (κ1) is 13.6. The number of hydrazine groups is 2. The van der Waals surface area contributed by atoms with Gasteiger partial charge in [-0.15, -0.1) is 0 Å². The van der Waals surface area contributed by atoms with E-state index < -0.39 is 5.54 Å². The number of hydrogen-bond acceptors (Lipinski definition) is 4. The van der Waals surface area contributed by atoms with Gasteiger partial charge < -0.3 is 0 Å². The highest BCUT2D eigenvalue weighted by atomic mass is 16.2. The number of hydrogen-bond donors (Lipinski definition) is 3. The summed E-state index contributed by atoms with van der Waals surface area (Å²) in [6, 6.07) is 9.83. The Kier molecular flexibility index (Phi) is 3.59. The van der Waals surface area contributed by atoms with Crippen LogP contribution in [-0.4, -0.2) is 11.4 Å². The summed E-state index contributed by atoms with van der Waals surface area (Å²) in [5.74, 6) is 5.18. The summed E-state index contributed by atoms with van der Waals surface area (Å²) >= 11 is 0. The number of anilines is 1. The molecule has 1 unspecified atom stereocenters. The highest BCUT2D eigenvalue weighted by molar-refractivity contribution is 5.91. The van der Waals surface area contributed by atoms with Crippen LogP contribution >= 0.6 is 0 Å². The van der Waals surface area contributed by atoms with Gasteiger partial charge in [0, 0.05) is 6.20 Å². The second kappa shape index (κ2) is 5.03. The average molecular weight is 260 g/mol. The lowest BCUT2D eigenvalue weighted by Gasteiger charge is -2.34. The fourth-order valence-corrected chi connectivity index (χ4v) is 2.52. The fourth-order valence-electron chi connectivity index (χ4n) is 2.52. The first-order chi connectivity index (χ1) is 9.02. The zero-order valence-electron chi connectivity index (χ0n) is 11.5. The molecule has 1 amide bonds. The van der Waals surface area contributed by atoms with Crippen LogP contribution in [0.2, 0.25) is 0 Å². The van der Waals surface area contributed by atoms with Crippen LogP contribution in [0.25, 0.3) is 0 Å². The third-order valence-electron chi connectivity index (χ3n) is 3.63. The van der Waals surface area contributed by atoms with Crippen molar-refractivity contribution in [1.82, 2.24) is 10.9 Å². The summed E-state index contributed by atoms with van der Waals surface area (Å²) in [4.78, 5) is 12.2. The maximum absolute atomic E-state index is 12.2. The number of rotatable bonds is 3. The Balaban J connectivity index is 2.37. The van der Waals surface area contributed by atoms with Crippen LogP contribution in [0.3, 0.4) is 0 Å². The number of benzene rings is 1. The van der Waals surface area contributed by atoms with Gasteiger partial charge in [0.05, 0.1) is 5.69 Å². The quantitative estimate of drug-likeness (QED) is 0.435. The van der Waals surface area contributed by atoms with Crippen molar-refractivity contribution in [1.29, 1.82) is 0 Å². The first-order valence-electron chi connectivity index (χ1n) is 6.34. The summed E-state index contributed by atoms with van der Waals surface area (Å²) in [6.07, 6.45) is 1.94. The maximum atomic E-state index is 12.2. The van der Waals surface area contributed by atoms with E-state index in [0.717, 1.165) is 11.3 Å². The second-order valence-corrected chi connectivity index (χ2v) is 5.07. The Morgan fingerprint density at radius 1 is 1.37 bits per heavy atom. The van der Waals surface area contributed by atoms with Crippen LogP contribution in [0.1, 0.15) is 20.8 Å². The van der Waals surface area contributed by atoms with E-state index in [0.29, 0.717) is 0 Å². The van der Waals surface area contributed by atoms with Gasteiger partial charge in [0.1, 0.15) is 5.54 Å². The molecule has 1 aromatic carbocycles. The zero-order valence-corrected chi connectivity index (χ0v) is 11.5. The maximum Gasteiger partial charge on any atom is 0.260 e. The third kappa shape index (κ3) is 2.11. The van der Waals surface area contributed by atoms with Crippen LogP contribution < -0.4 is 21.7 Å². The zero-order chi connectivity index (χ0) is 14.0. The van der Waals surface area contributed by atoms with Crippen LogP contribution in [-0.2, 0) is 4.79 Å². The van der Waals surface area contributed by atoms with Crippen molar-refractivity contribution in [3.63, 3.8) is 0 Å². The van der Waals surface area contributed by atoms with Gasteiger partial charge in [-0.25, -0.2) is 11.3 Å². The third-order valence-corrected chi connectivity index (χ3v) is 3.63. The van der Waals surface area contributed by atoms with E-state index in [1.807, 2.05) is 62.3 Å². The molecule has 0 spiro atoms. The molecule has 1 aliphatic heterocycles. The molecule has 1 aliphatic rings. The van der Waals surface area contributed by atoms with Crippen molar-refractivity contribution < 1.29 is 4.79 Å². The van der Waals surface area contributed by atoms with Gasteiger partial charge in [-0.05, 0) is 30.5 Å². The predicted molar refractivity (Wildman–Crippen MR) is 75.7 cm³/mol. The van der Waals surface area contributed by atoms with Gasteiger partial charge in [-0.3, -0.25) is 15.2 Å². The van der Waals surface area contributed by atoms with Gasteiger partial charge >= 0.3 is 0 Å². The van der Waals surface area contributed by atoms with Crippen LogP contribution in [0, 0.1) is 5.92 Å². The van der Waals surface area contributed by atoms with E-state index in [1.165, 1.54) is 0 Å². The molecular formula is C14H20N4O. The molecule has 1 atom stereocenters. The standard InChI is InChI=1S/C14H20N4O/c1-10(2)14(13(19)16-15)11(3)9-18(17-14)12-7-5-4-6-8-12/h4-10,17H,15H2,1-3H3,(H,16,19). The number of carbonyl (C=O) groups is 1. The van der Waals surface area contributed by atoms with Crippen LogP contribution in [0.15, 0.2) is 42.1 Å². The summed E-state index contributed by atoms with van der Waals surface area (Å²) in [5, 5.41) is 1.87. The highest BCUT2D eigenvalue weighted by Crippen LogP contribution is 2.33. The molecule has 0 aliphatic carbocycles. The molecule has 0 radical (unpaired) electrons. The molecule has 19 heavy (non-hydrogen) atoms. The van der Waals surface area contributed by atoms with Crippen molar-refractivity contribution in [3.8, 4) is 0 Å². The lowest BCUT2D eigenvalue weighted by atomic mass is 9.81. The molecule has 1 heterocycles. The summed E-state index contributed by atoms with van der Waals surface area (Å²) < 4.78 is 0. The van der Waals surface area contributed by atoms with Crippen molar-refractivity contribution in [2.75, 3.05) is 5.01 Å². The lowest BCUT2D eigenvalue weighted by Crippen LogP contribution is -2.62. The number of nitrogens with one attached hydrogen (secondary N) is 2. The van der Waals surface area contributed by atoms with Crippen LogP contribution in [0.5, 0.6) is 0 Å². The number of nitrogens with two attached hydrogens (primary N) is 1. The number of carbonyl (C=O) groups excluding carboxylic acids is 1. The molecule has 1 aromatic rings. The number of para-hydroxylation sites is 1. The van der Waals surface area contributed by atoms with E-state index >= 15 is 0 Å². The Hall–Kier alpha value is -1.85. The highest BCUT2D eigenvalue weighted by Gasteiger charge is 2.47. The Morgan fingerprint density at radius 2 is 2.00 bits per heavy atom. The van der Waals surface area contributed by atoms with Gasteiger partial charge in [0.2, 0.25) is 0 Å². The molecule has 5 nitrogen and oxygen atoms in total. The topological polar surface area (TPSA) is 70.4 Å². The monoisotopic (exact) mass is 260 g/mol. The first-order valence-corrected chi connectivity index (χ1v) is 6.34. The fraction of sp³-hybridized carbons (Fsp3) is 0.357. The second-order valence-electron chi connectivity index (χ2n) is 5.07. The lowest BCUT2D eigenvalue weighted by molar-refractivity contribution is -0.127. The number of nitrogens with zero attached hydrogens (tertiary/aromatic N) is 1. The Labute approximate surface area is 113 Å². The molecule has 0 aromatic heterocycles. The van der Waals surface area contributed by atoms with Gasteiger partial charge in [-0.2, -0.15) is 0 Å². The van der Waals surface area contributed by atoms with Crippen molar-refractivity contribution in [2.45, 2.75) is 26.3 Å². The minimum atomic E-state index is -0.801. The van der Waals surface area contributed by atoms with Crippen LogP contribution in [0.4, 0.5) is 5.69 Å². The average Bonchev–Trinajstić information content (AvgIpc) is 2.78. The van der Waals surface area contributed by atoms with Gasteiger partial charge in [-0.1, -0.05) is 32.0 Å². The van der Waals surface area contributed by atoms with E-state index in [1.54, 1.807) is 0 Å². The molecule has 0 saturated heterocycles. The molecule has 4 N–H and O–H groups in total. The molecular weight excluding hydrogens is 240 g/mol. The molecule has 0 fully saturated rings. The van der Waals surface area contributed by atoms with E-state index in [2.05, 4.69) is 10.9 Å². The molecule has 0 saturated carbocycles. The number of amides is 1. The summed E-state index contributed by atoms with van der Waals surface area (Å²) in [5.41, 5.74) is 6.65. The largest absolute Gasteiger partial charge is 0.292 e. The molecule has 0 bridgehead atoms. The molecule has 5 heteroatoms.